The molecule has 0 amide bonds. The van der Waals surface area contributed by atoms with Gasteiger partial charge in [0.05, 0.1) is 12.7 Å². The number of carboxylic acid groups (broad SMARTS) is 1. The van der Waals surface area contributed by atoms with Crippen molar-refractivity contribution in [3.8, 4) is 0 Å². The third-order valence-electron chi connectivity index (χ3n) is 4.19. The van der Waals surface area contributed by atoms with Crippen LogP contribution in [-0.4, -0.2) is 58.0 Å². The van der Waals surface area contributed by atoms with Crippen LogP contribution in [0.2, 0.25) is 0 Å². The fourth-order valence-corrected chi connectivity index (χ4v) is 3.35. The van der Waals surface area contributed by atoms with E-state index in [2.05, 4.69) is 4.90 Å². The highest BCUT2D eigenvalue weighted by Crippen LogP contribution is 2.40. The molecule has 0 aromatic carbocycles. The molecule has 2 saturated heterocycles. The molecule has 3 rings (SSSR count). The number of carbonyl (C=O) groups is 1. The lowest BCUT2D eigenvalue weighted by atomic mass is 9.70. The third kappa shape index (κ3) is 2.97. The minimum atomic E-state index is -0.704. The van der Waals surface area contributed by atoms with Gasteiger partial charge >= 0.3 is 5.97 Å². The van der Waals surface area contributed by atoms with Crippen LogP contribution in [0.15, 0.2) is 0 Å². The van der Waals surface area contributed by atoms with Crippen molar-refractivity contribution >= 4 is 5.97 Å². The van der Waals surface area contributed by atoms with Gasteiger partial charge in [0.25, 0.3) is 0 Å². The summed E-state index contributed by atoms with van der Waals surface area (Å²) in [6, 6.07) is 0.394. The van der Waals surface area contributed by atoms with Gasteiger partial charge in [0, 0.05) is 25.6 Å². The molecule has 2 aliphatic heterocycles. The van der Waals surface area contributed by atoms with Crippen molar-refractivity contribution in [2.24, 2.45) is 11.8 Å². The van der Waals surface area contributed by atoms with E-state index < -0.39 is 12.1 Å². The maximum atomic E-state index is 10.8. The van der Waals surface area contributed by atoms with Gasteiger partial charge in [-0.3, -0.25) is 9.69 Å². The summed E-state index contributed by atoms with van der Waals surface area (Å²) in [4.78, 5) is 13.0. The summed E-state index contributed by atoms with van der Waals surface area (Å²) in [6.07, 6.45) is 2.73. The molecule has 3 aliphatic rings. The molecule has 0 aromatic heterocycles. The minimum Gasteiger partial charge on any atom is -0.481 e. The van der Waals surface area contributed by atoms with Crippen LogP contribution in [0, 0.1) is 11.8 Å². The first kappa shape index (κ1) is 12.8. The van der Waals surface area contributed by atoms with E-state index >= 15 is 0 Å². The molecule has 3 N–H and O–H groups in total. The van der Waals surface area contributed by atoms with Crippen LogP contribution in [0.25, 0.3) is 0 Å². The molecule has 5 nitrogen and oxygen atoms in total. The van der Waals surface area contributed by atoms with Crippen molar-refractivity contribution in [2.75, 3.05) is 19.7 Å². The normalized spacial score (nSPS) is 34.8. The molecule has 0 radical (unpaired) electrons. The standard InChI is InChI=1S/C12H21NO4/c14-7-11(15)6-13-5-8-1-2-10(13)3-9(8)4-12(16)17/h8-11,14-15H,1-7H2,(H,16,17). The van der Waals surface area contributed by atoms with Crippen LogP contribution in [0.4, 0.5) is 0 Å². The smallest absolute Gasteiger partial charge is 0.303 e. The Hall–Kier alpha value is -0.650. The van der Waals surface area contributed by atoms with Crippen molar-refractivity contribution in [1.82, 2.24) is 4.90 Å². The Morgan fingerprint density at radius 3 is 2.71 bits per heavy atom. The molecular weight excluding hydrogens is 222 g/mol. The largest absolute Gasteiger partial charge is 0.481 e. The fraction of sp³-hybridized carbons (Fsp3) is 0.917. The lowest BCUT2D eigenvalue weighted by Crippen LogP contribution is -2.54. The molecule has 98 valence electrons. The lowest BCUT2D eigenvalue weighted by Gasteiger charge is -2.49. The second-order valence-corrected chi connectivity index (χ2v) is 5.38. The number of fused-ring (bicyclic) bond motifs is 3. The predicted octanol–water partition coefficient (Wildman–Crippen LogP) is -0.0852. The number of hydrogen-bond donors (Lipinski definition) is 3. The fourth-order valence-electron chi connectivity index (χ4n) is 3.35. The monoisotopic (exact) mass is 243 g/mol. The predicted molar refractivity (Wildman–Crippen MR) is 61.5 cm³/mol. The average Bonchev–Trinajstić information content (AvgIpc) is 2.29. The zero-order chi connectivity index (χ0) is 12.4. The molecule has 17 heavy (non-hydrogen) atoms. The Kier molecular flexibility index (Phi) is 4.01. The van der Waals surface area contributed by atoms with Crippen molar-refractivity contribution in [1.29, 1.82) is 0 Å². The summed E-state index contributed by atoms with van der Waals surface area (Å²) in [5.74, 6) is 0.0419. The number of aliphatic carboxylic acids is 1. The number of aliphatic hydroxyl groups is 2. The van der Waals surface area contributed by atoms with Gasteiger partial charge in [-0.2, -0.15) is 0 Å². The Balaban J connectivity index is 1.90. The summed E-state index contributed by atoms with van der Waals surface area (Å²) in [5.41, 5.74) is 0. The van der Waals surface area contributed by atoms with Gasteiger partial charge < -0.3 is 15.3 Å². The van der Waals surface area contributed by atoms with Crippen LogP contribution in [0.3, 0.4) is 0 Å². The van der Waals surface area contributed by atoms with Gasteiger partial charge in [0.1, 0.15) is 0 Å². The minimum absolute atomic E-state index is 0.202. The lowest BCUT2D eigenvalue weighted by molar-refractivity contribution is -0.140. The Morgan fingerprint density at radius 2 is 2.18 bits per heavy atom. The van der Waals surface area contributed by atoms with Gasteiger partial charge in [-0.15, -0.1) is 0 Å². The molecule has 3 fully saturated rings. The Morgan fingerprint density at radius 1 is 1.41 bits per heavy atom. The highest BCUT2D eigenvalue weighted by Gasteiger charge is 2.41. The van der Waals surface area contributed by atoms with Crippen LogP contribution < -0.4 is 0 Å². The zero-order valence-corrected chi connectivity index (χ0v) is 9.96. The van der Waals surface area contributed by atoms with Crippen molar-refractivity contribution in [2.45, 2.75) is 37.8 Å². The van der Waals surface area contributed by atoms with Crippen molar-refractivity contribution < 1.29 is 20.1 Å². The first-order valence-corrected chi connectivity index (χ1v) is 6.35. The first-order chi connectivity index (χ1) is 8.10. The SMILES string of the molecule is O=C(O)CC1CC2CCC1CN2CC(O)CO. The van der Waals surface area contributed by atoms with Crippen LogP contribution in [0.1, 0.15) is 25.7 Å². The van der Waals surface area contributed by atoms with Gasteiger partial charge in [-0.1, -0.05) is 0 Å². The van der Waals surface area contributed by atoms with E-state index in [4.69, 9.17) is 10.2 Å². The summed E-state index contributed by atoms with van der Waals surface area (Å²) < 4.78 is 0. The summed E-state index contributed by atoms with van der Waals surface area (Å²) in [7, 11) is 0. The van der Waals surface area contributed by atoms with Crippen molar-refractivity contribution in [3.05, 3.63) is 0 Å². The molecule has 4 atom stereocenters. The highest BCUT2D eigenvalue weighted by molar-refractivity contribution is 5.67. The molecule has 5 heteroatoms. The highest BCUT2D eigenvalue weighted by atomic mass is 16.4. The zero-order valence-electron chi connectivity index (χ0n) is 9.96. The number of hydrogen-bond acceptors (Lipinski definition) is 4. The summed E-state index contributed by atoms with van der Waals surface area (Å²) in [6.45, 7) is 1.18. The van der Waals surface area contributed by atoms with Crippen LogP contribution >= 0.6 is 0 Å². The van der Waals surface area contributed by atoms with Gasteiger partial charge in [-0.25, -0.2) is 0 Å². The molecule has 1 aliphatic carbocycles. The second-order valence-electron chi connectivity index (χ2n) is 5.38. The van der Waals surface area contributed by atoms with Crippen LogP contribution in [0.5, 0.6) is 0 Å². The molecule has 1 saturated carbocycles. The number of nitrogens with zero attached hydrogens (tertiary/aromatic N) is 1. The maximum Gasteiger partial charge on any atom is 0.303 e. The number of aliphatic hydroxyl groups excluding tert-OH is 2. The number of carboxylic acids is 1. The van der Waals surface area contributed by atoms with Crippen LogP contribution in [-0.2, 0) is 4.79 Å². The Bertz CT molecular complexity index is 284. The van der Waals surface area contributed by atoms with E-state index in [1.54, 1.807) is 0 Å². The number of rotatable bonds is 5. The van der Waals surface area contributed by atoms with Gasteiger partial charge in [0.2, 0.25) is 0 Å². The van der Waals surface area contributed by atoms with Crippen molar-refractivity contribution in [3.63, 3.8) is 0 Å². The molecule has 2 bridgehead atoms. The van der Waals surface area contributed by atoms with Gasteiger partial charge in [-0.05, 0) is 31.1 Å². The van der Waals surface area contributed by atoms with E-state index in [1.807, 2.05) is 0 Å². The number of piperidine rings is 2. The van der Waals surface area contributed by atoms with Gasteiger partial charge in [0.15, 0.2) is 0 Å². The van der Waals surface area contributed by atoms with E-state index in [0.29, 0.717) is 24.4 Å². The molecule has 0 spiro atoms. The quantitative estimate of drug-likeness (QED) is 0.629. The summed E-state index contributed by atoms with van der Waals surface area (Å²) >= 11 is 0. The molecule has 2 heterocycles. The van der Waals surface area contributed by atoms with E-state index in [-0.39, 0.29) is 13.0 Å². The Labute approximate surface area is 101 Å². The van der Waals surface area contributed by atoms with E-state index in [9.17, 15) is 9.90 Å². The molecule has 0 aromatic rings. The first-order valence-electron chi connectivity index (χ1n) is 6.35. The summed E-state index contributed by atoms with van der Waals surface area (Å²) in [5, 5.41) is 27.2. The molecule has 4 unspecified atom stereocenters. The van der Waals surface area contributed by atoms with E-state index in [0.717, 1.165) is 25.8 Å². The molecular formula is C12H21NO4. The third-order valence-corrected chi connectivity index (χ3v) is 4.19. The van der Waals surface area contributed by atoms with E-state index in [1.165, 1.54) is 0 Å². The average molecular weight is 243 g/mol. The topological polar surface area (TPSA) is 81.0 Å². The maximum absolute atomic E-state index is 10.8. The second kappa shape index (κ2) is 5.33.